The van der Waals surface area contributed by atoms with Crippen molar-refractivity contribution in [3.8, 4) is 16.9 Å². The van der Waals surface area contributed by atoms with Gasteiger partial charge in [0.05, 0.1) is 12.2 Å². The molecule has 6 heteroatoms. The minimum Gasteiger partial charge on any atom is -0.490 e. The number of nitrogens with one attached hydrogen (secondary N) is 1. The van der Waals surface area contributed by atoms with Crippen molar-refractivity contribution in [1.82, 2.24) is 9.55 Å². The summed E-state index contributed by atoms with van der Waals surface area (Å²) in [7, 11) is 1.78. The fraction of sp³-hybridized carbons (Fsp3) is 0.409. The molecule has 1 saturated carbocycles. The third kappa shape index (κ3) is 3.71. The maximum atomic E-state index is 12.4. The van der Waals surface area contributed by atoms with Crippen molar-refractivity contribution in [2.75, 3.05) is 5.75 Å². The van der Waals surface area contributed by atoms with E-state index in [-0.39, 0.29) is 17.8 Å². The fourth-order valence-corrected chi connectivity index (χ4v) is 4.60. The van der Waals surface area contributed by atoms with Gasteiger partial charge in [0, 0.05) is 40.8 Å². The van der Waals surface area contributed by atoms with E-state index in [0.717, 1.165) is 53.7 Å². The lowest BCUT2D eigenvalue weighted by Gasteiger charge is -2.27. The first-order valence-corrected chi connectivity index (χ1v) is 10.8. The van der Waals surface area contributed by atoms with Crippen LogP contribution in [0, 0.1) is 0 Å². The second-order valence-corrected chi connectivity index (χ2v) is 8.70. The number of aromatic amines is 1. The molecule has 28 heavy (non-hydrogen) atoms. The van der Waals surface area contributed by atoms with Crippen LogP contribution in [-0.4, -0.2) is 32.6 Å². The predicted molar refractivity (Wildman–Crippen MR) is 114 cm³/mol. The van der Waals surface area contributed by atoms with E-state index in [1.165, 1.54) is 4.90 Å². The molecule has 1 aliphatic carbocycles. The number of aryl methyl sites for hydroxylation is 1. The van der Waals surface area contributed by atoms with Crippen molar-refractivity contribution in [3.63, 3.8) is 0 Å². The molecule has 2 N–H and O–H groups in total. The van der Waals surface area contributed by atoms with E-state index in [1.807, 2.05) is 24.5 Å². The number of H-pyrrole nitrogens is 1. The second kappa shape index (κ2) is 8.05. The van der Waals surface area contributed by atoms with Gasteiger partial charge in [-0.25, -0.2) is 0 Å². The van der Waals surface area contributed by atoms with Crippen LogP contribution in [0.5, 0.6) is 5.75 Å². The summed E-state index contributed by atoms with van der Waals surface area (Å²) in [5.41, 5.74) is 2.57. The minimum absolute atomic E-state index is 0.0356. The summed E-state index contributed by atoms with van der Waals surface area (Å²) in [5.74, 6) is 1.83. The maximum absolute atomic E-state index is 12.4. The van der Waals surface area contributed by atoms with Crippen molar-refractivity contribution in [3.05, 3.63) is 47.0 Å². The van der Waals surface area contributed by atoms with Gasteiger partial charge in [-0.05, 0) is 55.7 Å². The zero-order chi connectivity index (χ0) is 19.7. The Labute approximate surface area is 168 Å². The summed E-state index contributed by atoms with van der Waals surface area (Å²) in [5, 5.41) is 10.7. The third-order valence-electron chi connectivity index (χ3n) is 5.38. The van der Waals surface area contributed by atoms with Crippen LogP contribution in [0.15, 0.2) is 46.3 Å². The standard InChI is InChI=1S/C22H26N2O3S/c1-3-28-16-8-9-20(27-15-6-4-14(25)5-7-15)18(12-16)19-13-24(2)22(26)21-17(19)10-11-23-21/h8-15,23,25H,3-7H2,1-2H3. The molecule has 0 atom stereocenters. The highest BCUT2D eigenvalue weighted by molar-refractivity contribution is 7.99. The van der Waals surface area contributed by atoms with E-state index in [1.54, 1.807) is 23.4 Å². The van der Waals surface area contributed by atoms with Crippen LogP contribution >= 0.6 is 11.8 Å². The Hall–Kier alpha value is -2.18. The average Bonchev–Trinajstić information content (AvgIpc) is 3.18. The second-order valence-electron chi connectivity index (χ2n) is 7.36. The van der Waals surface area contributed by atoms with E-state index >= 15 is 0 Å². The summed E-state index contributed by atoms with van der Waals surface area (Å²) in [6, 6.07) is 8.25. The highest BCUT2D eigenvalue weighted by Gasteiger charge is 2.23. The Balaban J connectivity index is 1.80. The predicted octanol–water partition coefficient (Wildman–Crippen LogP) is 4.33. The first-order chi connectivity index (χ1) is 13.6. The number of pyridine rings is 1. The quantitative estimate of drug-likeness (QED) is 0.628. The van der Waals surface area contributed by atoms with E-state index in [4.69, 9.17) is 4.74 Å². The number of fused-ring (bicyclic) bond motifs is 1. The molecule has 0 spiro atoms. The first-order valence-electron chi connectivity index (χ1n) is 9.85. The van der Waals surface area contributed by atoms with E-state index in [2.05, 4.69) is 24.0 Å². The van der Waals surface area contributed by atoms with Crippen LogP contribution in [0.2, 0.25) is 0 Å². The average molecular weight is 399 g/mol. The Kier molecular flexibility index (Phi) is 5.51. The highest BCUT2D eigenvalue weighted by atomic mass is 32.2. The molecule has 148 valence electrons. The number of ether oxygens (including phenoxy) is 1. The molecule has 0 bridgehead atoms. The van der Waals surface area contributed by atoms with Gasteiger partial charge in [0.25, 0.3) is 5.56 Å². The van der Waals surface area contributed by atoms with Crippen molar-refractivity contribution in [1.29, 1.82) is 0 Å². The maximum Gasteiger partial charge on any atom is 0.274 e. The largest absolute Gasteiger partial charge is 0.490 e. The van der Waals surface area contributed by atoms with Gasteiger partial charge in [-0.15, -0.1) is 11.8 Å². The lowest BCUT2D eigenvalue weighted by atomic mass is 9.95. The molecule has 1 aromatic carbocycles. The van der Waals surface area contributed by atoms with Gasteiger partial charge in [0.1, 0.15) is 11.3 Å². The molecule has 5 nitrogen and oxygen atoms in total. The van der Waals surface area contributed by atoms with Crippen LogP contribution in [-0.2, 0) is 7.05 Å². The Morgan fingerprint density at radius 3 is 2.75 bits per heavy atom. The molecule has 3 aromatic rings. The van der Waals surface area contributed by atoms with Gasteiger partial charge in [0.15, 0.2) is 0 Å². The Bertz CT molecular complexity index is 1030. The number of aromatic nitrogens is 2. The van der Waals surface area contributed by atoms with Gasteiger partial charge in [-0.3, -0.25) is 4.79 Å². The molecular weight excluding hydrogens is 372 g/mol. The van der Waals surface area contributed by atoms with Gasteiger partial charge in [0.2, 0.25) is 0 Å². The van der Waals surface area contributed by atoms with Crippen molar-refractivity contribution in [2.24, 2.45) is 7.05 Å². The smallest absolute Gasteiger partial charge is 0.274 e. The minimum atomic E-state index is -0.203. The number of hydrogen-bond donors (Lipinski definition) is 2. The normalized spacial score (nSPS) is 19.8. The van der Waals surface area contributed by atoms with Crippen LogP contribution in [0.4, 0.5) is 0 Å². The summed E-state index contributed by atoms with van der Waals surface area (Å²) in [6.07, 6.45) is 6.90. The van der Waals surface area contributed by atoms with Crippen LogP contribution < -0.4 is 10.3 Å². The zero-order valence-electron chi connectivity index (χ0n) is 16.3. The fourth-order valence-electron chi connectivity index (χ4n) is 3.91. The SMILES string of the molecule is CCSc1ccc(OC2CCC(O)CC2)c(-c2cn(C)c(=O)c3[nH]ccc23)c1. The number of benzene rings is 1. The van der Waals surface area contributed by atoms with E-state index < -0.39 is 0 Å². The lowest BCUT2D eigenvalue weighted by Crippen LogP contribution is -2.26. The Morgan fingerprint density at radius 1 is 1.21 bits per heavy atom. The molecule has 0 amide bonds. The molecule has 4 rings (SSSR count). The van der Waals surface area contributed by atoms with Crippen molar-refractivity contribution >= 4 is 22.7 Å². The molecule has 2 heterocycles. The third-order valence-corrected chi connectivity index (χ3v) is 6.26. The zero-order valence-corrected chi connectivity index (χ0v) is 17.1. The number of thioether (sulfide) groups is 1. The van der Waals surface area contributed by atoms with E-state index in [9.17, 15) is 9.90 Å². The lowest BCUT2D eigenvalue weighted by molar-refractivity contribution is 0.0668. The van der Waals surface area contributed by atoms with E-state index in [0.29, 0.717) is 5.52 Å². The first kappa shape index (κ1) is 19.2. The summed E-state index contributed by atoms with van der Waals surface area (Å²) in [6.45, 7) is 2.14. The van der Waals surface area contributed by atoms with Gasteiger partial charge in [-0.2, -0.15) is 0 Å². The molecule has 1 fully saturated rings. The molecule has 1 aliphatic rings. The van der Waals surface area contributed by atoms with Crippen molar-refractivity contribution < 1.29 is 9.84 Å². The molecule has 0 unspecified atom stereocenters. The molecule has 0 saturated heterocycles. The van der Waals surface area contributed by atoms with Crippen LogP contribution in [0.25, 0.3) is 22.0 Å². The summed E-state index contributed by atoms with van der Waals surface area (Å²) in [4.78, 5) is 16.7. The van der Waals surface area contributed by atoms with Gasteiger partial charge in [-0.1, -0.05) is 6.92 Å². The number of hydrogen-bond acceptors (Lipinski definition) is 4. The Morgan fingerprint density at radius 2 is 2.00 bits per heavy atom. The van der Waals surface area contributed by atoms with Crippen LogP contribution in [0.3, 0.4) is 0 Å². The monoisotopic (exact) mass is 398 g/mol. The summed E-state index contributed by atoms with van der Waals surface area (Å²) < 4.78 is 8.02. The number of aliphatic hydroxyl groups excluding tert-OH is 1. The molecule has 2 aromatic heterocycles. The number of rotatable bonds is 5. The topological polar surface area (TPSA) is 67.2 Å². The molecule has 0 radical (unpaired) electrons. The molecular formula is C22H26N2O3S. The number of aliphatic hydroxyl groups is 1. The van der Waals surface area contributed by atoms with Crippen molar-refractivity contribution in [2.45, 2.75) is 49.7 Å². The summed E-state index contributed by atoms with van der Waals surface area (Å²) >= 11 is 1.79. The molecule has 0 aliphatic heterocycles. The van der Waals surface area contributed by atoms with Crippen LogP contribution in [0.1, 0.15) is 32.6 Å². The van der Waals surface area contributed by atoms with Gasteiger partial charge < -0.3 is 19.4 Å². The van der Waals surface area contributed by atoms with Gasteiger partial charge >= 0.3 is 0 Å². The number of nitrogens with zero attached hydrogens (tertiary/aromatic N) is 1. The highest BCUT2D eigenvalue weighted by Crippen LogP contribution is 2.38.